The highest BCUT2D eigenvalue weighted by Crippen LogP contribution is 2.37. The molecule has 0 N–H and O–H groups in total. The van der Waals surface area contributed by atoms with Gasteiger partial charge in [0.15, 0.2) is 14.6 Å². The number of rotatable bonds is 5. The number of benzene rings is 1. The first kappa shape index (κ1) is 18.2. The summed E-state index contributed by atoms with van der Waals surface area (Å²) in [5, 5.41) is 0.255. The van der Waals surface area contributed by atoms with Crippen LogP contribution in [0.3, 0.4) is 0 Å². The van der Waals surface area contributed by atoms with Crippen molar-refractivity contribution in [2.75, 3.05) is 24.6 Å². The molecule has 0 amide bonds. The van der Waals surface area contributed by atoms with E-state index in [1.54, 1.807) is 0 Å². The van der Waals surface area contributed by atoms with E-state index in [0.717, 1.165) is 37.2 Å². The number of carbonyl (C=O) groups is 1. The van der Waals surface area contributed by atoms with E-state index in [9.17, 15) is 4.79 Å². The molecule has 2 rings (SSSR count). The number of piperidine rings is 1. The molecule has 1 heterocycles. The Kier molecular flexibility index (Phi) is 5.68. The average molecular weight is 334 g/mol. The minimum atomic E-state index is -1.68. The molecule has 0 spiro atoms. The number of para-hydroxylation sites is 1. The molecule has 4 heteroatoms. The third-order valence-electron chi connectivity index (χ3n) is 5.41. The van der Waals surface area contributed by atoms with Gasteiger partial charge in [0.1, 0.15) is 0 Å². The van der Waals surface area contributed by atoms with Crippen LogP contribution in [0.15, 0.2) is 24.3 Å². The van der Waals surface area contributed by atoms with Gasteiger partial charge in [-0.2, -0.15) is 0 Å². The van der Waals surface area contributed by atoms with Gasteiger partial charge in [0.2, 0.25) is 0 Å². The highest BCUT2D eigenvalue weighted by molar-refractivity contribution is 6.74. The van der Waals surface area contributed by atoms with E-state index in [4.69, 9.17) is 4.43 Å². The van der Waals surface area contributed by atoms with Gasteiger partial charge in [-0.3, -0.25) is 4.79 Å². The first-order valence-electron chi connectivity index (χ1n) is 8.68. The van der Waals surface area contributed by atoms with E-state index >= 15 is 0 Å². The minimum Gasteiger partial charge on any atom is -0.416 e. The van der Waals surface area contributed by atoms with E-state index in [2.05, 4.69) is 44.8 Å². The lowest BCUT2D eigenvalue weighted by Gasteiger charge is -2.40. The van der Waals surface area contributed by atoms with Crippen LogP contribution < -0.4 is 4.90 Å². The molecule has 128 valence electrons. The third-order valence-corrected chi connectivity index (χ3v) is 9.91. The minimum absolute atomic E-state index is 0.255. The van der Waals surface area contributed by atoms with Gasteiger partial charge < -0.3 is 9.33 Å². The Hall–Kier alpha value is -1.13. The van der Waals surface area contributed by atoms with Crippen molar-refractivity contribution in [3.8, 4) is 0 Å². The van der Waals surface area contributed by atoms with Crippen molar-refractivity contribution in [3.05, 3.63) is 29.8 Å². The molecular weight excluding hydrogens is 302 g/mol. The maximum Gasteiger partial charge on any atom is 0.191 e. The Balaban J connectivity index is 2.00. The van der Waals surface area contributed by atoms with Crippen molar-refractivity contribution in [2.24, 2.45) is 5.92 Å². The van der Waals surface area contributed by atoms with Gasteiger partial charge in [-0.25, -0.2) is 0 Å². The first-order valence-corrected chi connectivity index (χ1v) is 11.6. The molecule has 1 aromatic carbocycles. The normalized spacial score (nSPS) is 19.7. The van der Waals surface area contributed by atoms with Gasteiger partial charge in [0, 0.05) is 30.9 Å². The summed E-state index contributed by atoms with van der Waals surface area (Å²) < 4.78 is 6.42. The predicted octanol–water partition coefficient (Wildman–Crippen LogP) is 4.74. The van der Waals surface area contributed by atoms with Gasteiger partial charge >= 0.3 is 0 Å². The predicted molar refractivity (Wildman–Crippen MR) is 99.9 cm³/mol. The van der Waals surface area contributed by atoms with E-state index in [-0.39, 0.29) is 5.04 Å². The second-order valence-electron chi connectivity index (χ2n) is 8.20. The maximum atomic E-state index is 11.3. The summed E-state index contributed by atoms with van der Waals surface area (Å²) in [5.74, 6) is 0.553. The molecule has 0 radical (unpaired) electrons. The maximum absolute atomic E-state index is 11.3. The lowest BCUT2D eigenvalue weighted by Crippen LogP contribution is -2.44. The summed E-state index contributed by atoms with van der Waals surface area (Å²) in [6.07, 6.45) is 3.35. The smallest absolute Gasteiger partial charge is 0.191 e. The van der Waals surface area contributed by atoms with Crippen LogP contribution >= 0.6 is 0 Å². The molecule has 1 aliphatic heterocycles. The quantitative estimate of drug-likeness (QED) is 0.576. The fourth-order valence-electron chi connectivity index (χ4n) is 2.84. The molecule has 1 atom stereocenters. The second kappa shape index (κ2) is 7.18. The number of nitrogens with zero attached hydrogens (tertiary/aromatic N) is 1. The monoisotopic (exact) mass is 333 g/mol. The Morgan fingerprint density at radius 1 is 1.30 bits per heavy atom. The zero-order chi connectivity index (χ0) is 17.1. The molecule has 0 saturated carbocycles. The summed E-state index contributed by atoms with van der Waals surface area (Å²) in [7, 11) is -1.68. The van der Waals surface area contributed by atoms with Crippen molar-refractivity contribution in [2.45, 2.75) is 51.7 Å². The van der Waals surface area contributed by atoms with E-state index < -0.39 is 8.32 Å². The van der Waals surface area contributed by atoms with Crippen LogP contribution in [-0.2, 0) is 4.43 Å². The van der Waals surface area contributed by atoms with Crippen molar-refractivity contribution >= 4 is 20.3 Å². The third kappa shape index (κ3) is 4.45. The molecule has 3 nitrogen and oxygen atoms in total. The lowest BCUT2D eigenvalue weighted by molar-refractivity contribution is 0.112. The van der Waals surface area contributed by atoms with E-state index in [0.29, 0.717) is 5.92 Å². The summed E-state index contributed by atoms with van der Waals surface area (Å²) in [6, 6.07) is 7.90. The number of hydrogen-bond acceptors (Lipinski definition) is 3. The molecular formula is C19H31NO2Si. The number of carbonyl (C=O) groups excluding carboxylic acids is 1. The molecule has 1 aliphatic rings. The van der Waals surface area contributed by atoms with Crippen LogP contribution in [0.25, 0.3) is 0 Å². The molecule has 0 aliphatic carbocycles. The zero-order valence-electron chi connectivity index (χ0n) is 15.3. The first-order chi connectivity index (χ1) is 10.7. The van der Waals surface area contributed by atoms with Gasteiger partial charge in [-0.15, -0.1) is 0 Å². The highest BCUT2D eigenvalue weighted by atomic mass is 28.4. The Morgan fingerprint density at radius 2 is 2.00 bits per heavy atom. The summed E-state index contributed by atoms with van der Waals surface area (Å²) in [6.45, 7) is 14.3. The van der Waals surface area contributed by atoms with Crippen molar-refractivity contribution in [1.29, 1.82) is 0 Å². The van der Waals surface area contributed by atoms with Crippen molar-refractivity contribution in [1.82, 2.24) is 0 Å². The fourth-order valence-corrected chi connectivity index (χ4v) is 3.92. The average Bonchev–Trinajstić information content (AvgIpc) is 2.52. The highest BCUT2D eigenvalue weighted by Gasteiger charge is 2.37. The van der Waals surface area contributed by atoms with Gasteiger partial charge in [-0.05, 0) is 49.0 Å². The zero-order valence-corrected chi connectivity index (χ0v) is 16.3. The van der Waals surface area contributed by atoms with Crippen LogP contribution in [-0.4, -0.2) is 34.3 Å². The molecule has 1 fully saturated rings. The van der Waals surface area contributed by atoms with Crippen LogP contribution in [0.5, 0.6) is 0 Å². The SMILES string of the molecule is CC(C)(C)[Si](C)(C)OCC1CCCN(c2ccccc2C=O)C1. The number of hydrogen-bond donors (Lipinski definition) is 0. The Labute approximate surface area is 142 Å². The standard InChI is InChI=1S/C19H31NO2Si/c1-19(2,3)23(4,5)22-15-16-9-8-12-20(13-16)18-11-7-6-10-17(18)14-21/h6-7,10-11,14,16H,8-9,12-13,15H2,1-5H3. The molecule has 1 saturated heterocycles. The Morgan fingerprint density at radius 3 is 2.65 bits per heavy atom. The second-order valence-corrected chi connectivity index (χ2v) is 13.0. The summed E-state index contributed by atoms with van der Waals surface area (Å²) >= 11 is 0. The van der Waals surface area contributed by atoms with Crippen LogP contribution in [0.2, 0.25) is 18.1 Å². The van der Waals surface area contributed by atoms with E-state index in [1.807, 2.05) is 18.2 Å². The summed E-state index contributed by atoms with van der Waals surface area (Å²) in [4.78, 5) is 13.6. The fraction of sp³-hybridized carbons (Fsp3) is 0.632. The topological polar surface area (TPSA) is 29.5 Å². The molecule has 1 unspecified atom stereocenters. The van der Waals surface area contributed by atoms with Gasteiger partial charge in [0.05, 0.1) is 0 Å². The van der Waals surface area contributed by atoms with Crippen molar-refractivity contribution in [3.63, 3.8) is 0 Å². The number of anilines is 1. The largest absolute Gasteiger partial charge is 0.416 e. The van der Waals surface area contributed by atoms with Crippen LogP contribution in [0, 0.1) is 5.92 Å². The van der Waals surface area contributed by atoms with Gasteiger partial charge in [0.25, 0.3) is 0 Å². The van der Waals surface area contributed by atoms with Crippen LogP contribution in [0.4, 0.5) is 5.69 Å². The molecule has 0 aromatic heterocycles. The summed E-state index contributed by atoms with van der Waals surface area (Å²) in [5.41, 5.74) is 1.86. The molecule has 0 bridgehead atoms. The lowest BCUT2D eigenvalue weighted by atomic mass is 9.98. The number of aldehydes is 1. The van der Waals surface area contributed by atoms with E-state index in [1.165, 1.54) is 12.8 Å². The molecule has 1 aromatic rings. The molecule has 23 heavy (non-hydrogen) atoms. The Bertz CT molecular complexity index is 536. The van der Waals surface area contributed by atoms with Crippen LogP contribution in [0.1, 0.15) is 44.0 Å². The van der Waals surface area contributed by atoms with Crippen molar-refractivity contribution < 1.29 is 9.22 Å². The van der Waals surface area contributed by atoms with Gasteiger partial charge in [-0.1, -0.05) is 32.9 Å².